The molecule has 0 fully saturated rings. The van der Waals surface area contributed by atoms with Gasteiger partial charge in [-0.05, 0) is 12.1 Å². The topological polar surface area (TPSA) is 77.8 Å². The second kappa shape index (κ2) is 5.58. The van der Waals surface area contributed by atoms with Gasteiger partial charge in [-0.1, -0.05) is 0 Å². The molecule has 0 amide bonds. The molecule has 0 unspecified atom stereocenters. The molecule has 0 saturated carbocycles. The molecule has 0 heterocycles. The number of carboxylic acids is 1. The predicted octanol–water partition coefficient (Wildman–Crippen LogP) is -0.723. The fourth-order valence-electron chi connectivity index (χ4n) is 0.348. The van der Waals surface area contributed by atoms with Crippen molar-refractivity contribution >= 4 is 24.8 Å². The first-order valence-corrected chi connectivity index (χ1v) is 3.94. The van der Waals surface area contributed by atoms with E-state index >= 15 is 0 Å². The van der Waals surface area contributed by atoms with Crippen molar-refractivity contribution in [1.29, 1.82) is 0 Å². The summed E-state index contributed by atoms with van der Waals surface area (Å²) in [6, 6.07) is 0. The summed E-state index contributed by atoms with van der Waals surface area (Å²) in [6.45, 7) is 0. The molecule has 0 aliphatic carbocycles. The minimum absolute atomic E-state index is 0.0206. The van der Waals surface area contributed by atoms with Gasteiger partial charge in [0, 0.05) is 0 Å². The minimum atomic E-state index is -1.32. The Bertz CT molecular complexity index is 107. The van der Waals surface area contributed by atoms with Gasteiger partial charge in [-0.25, -0.2) is 0 Å². The van der Waals surface area contributed by atoms with E-state index in [4.69, 9.17) is 15.2 Å². The molecule has 4 nitrogen and oxygen atoms in total. The summed E-state index contributed by atoms with van der Waals surface area (Å²) in [5.41, 5.74) is 0. The lowest BCUT2D eigenvalue weighted by molar-refractivity contribution is -0.133. The predicted molar refractivity (Wildman–Crippen MR) is 40.0 cm³/mol. The highest BCUT2D eigenvalue weighted by Crippen LogP contribution is 2.02. The Morgan fingerprint density at radius 3 is 2.50 bits per heavy atom. The van der Waals surface area contributed by atoms with E-state index in [0.29, 0.717) is 5.75 Å². The van der Waals surface area contributed by atoms with Crippen LogP contribution in [0.2, 0.25) is 6.32 Å². The van der Waals surface area contributed by atoms with Gasteiger partial charge in [0.2, 0.25) is 0 Å². The van der Waals surface area contributed by atoms with Gasteiger partial charge < -0.3 is 15.2 Å². The molecule has 3 N–H and O–H groups in total. The lowest BCUT2D eigenvalue weighted by Gasteiger charge is -1.95. The molecule has 0 aromatic carbocycles. The number of aliphatic carboxylic acids is 1. The maximum absolute atomic E-state index is 9.90. The average Bonchev–Trinajstić information content (AvgIpc) is 1.79. The molecule has 0 saturated heterocycles. The van der Waals surface area contributed by atoms with Crippen molar-refractivity contribution in [2.45, 2.75) is 6.32 Å². The van der Waals surface area contributed by atoms with Crippen LogP contribution in [0.1, 0.15) is 0 Å². The zero-order valence-electron chi connectivity index (χ0n) is 5.36. The van der Waals surface area contributed by atoms with Crippen LogP contribution in [0.3, 0.4) is 0 Å². The molecule has 0 radical (unpaired) electrons. The third-order valence-corrected chi connectivity index (χ3v) is 1.72. The monoisotopic (exact) mass is 164 g/mol. The molecular weight excluding hydrogens is 155 g/mol. The molecule has 0 aliphatic rings. The molecule has 6 heteroatoms. The fraction of sp³-hybridized carbons (Fsp3) is 0.750. The first kappa shape index (κ1) is 9.80. The van der Waals surface area contributed by atoms with Gasteiger partial charge in [-0.3, -0.25) is 4.79 Å². The Labute approximate surface area is 63.4 Å². The zero-order chi connectivity index (χ0) is 7.98. The van der Waals surface area contributed by atoms with Crippen molar-refractivity contribution < 1.29 is 19.9 Å². The van der Waals surface area contributed by atoms with Crippen LogP contribution in [0.15, 0.2) is 0 Å². The molecule has 0 aromatic rings. The van der Waals surface area contributed by atoms with Crippen LogP contribution in [0.25, 0.3) is 0 Å². The van der Waals surface area contributed by atoms with E-state index in [1.165, 1.54) is 11.8 Å². The Morgan fingerprint density at radius 2 is 2.10 bits per heavy atom. The van der Waals surface area contributed by atoms with Crippen molar-refractivity contribution in [2.24, 2.45) is 0 Å². The molecule has 0 bridgehead atoms. The number of hydrogen-bond acceptors (Lipinski definition) is 4. The molecule has 0 aromatic heterocycles. The highest BCUT2D eigenvalue weighted by molar-refractivity contribution is 7.99. The van der Waals surface area contributed by atoms with E-state index < -0.39 is 13.1 Å². The van der Waals surface area contributed by atoms with Crippen LogP contribution >= 0.6 is 11.8 Å². The first-order valence-electron chi connectivity index (χ1n) is 2.78. The number of carboxylic acid groups (broad SMARTS) is 1. The van der Waals surface area contributed by atoms with Gasteiger partial charge in [-0.2, -0.15) is 11.8 Å². The van der Waals surface area contributed by atoms with E-state index in [-0.39, 0.29) is 12.1 Å². The van der Waals surface area contributed by atoms with Crippen molar-refractivity contribution in [3.63, 3.8) is 0 Å². The van der Waals surface area contributed by atoms with Crippen LogP contribution in [0.4, 0.5) is 0 Å². The smallest absolute Gasteiger partial charge is 0.452 e. The summed E-state index contributed by atoms with van der Waals surface area (Å²) in [5, 5.41) is 24.8. The van der Waals surface area contributed by atoms with Crippen LogP contribution in [-0.2, 0) is 4.79 Å². The second-order valence-corrected chi connectivity index (χ2v) is 2.82. The van der Waals surface area contributed by atoms with Gasteiger partial charge in [0.05, 0.1) is 5.75 Å². The fourth-order valence-corrected chi connectivity index (χ4v) is 1.04. The number of thioether (sulfide) groups is 1. The number of hydrogen-bond donors (Lipinski definition) is 3. The summed E-state index contributed by atoms with van der Waals surface area (Å²) in [5.74, 6) is -0.395. The Balaban J connectivity index is 2.98. The molecule has 0 atom stereocenters. The SMILES string of the molecule is O=C(O)CSCCB(O)O. The van der Waals surface area contributed by atoms with Crippen molar-refractivity contribution in [3.05, 3.63) is 0 Å². The van der Waals surface area contributed by atoms with Crippen LogP contribution < -0.4 is 0 Å². The standard InChI is InChI=1S/C4H9BO4S/c6-4(7)3-10-2-1-5(8)9/h8-9H,1-3H2,(H,6,7). The normalized spacial score (nSPS) is 9.40. The third kappa shape index (κ3) is 7.80. The third-order valence-electron chi connectivity index (χ3n) is 0.746. The maximum atomic E-state index is 9.90. The second-order valence-electron chi connectivity index (χ2n) is 1.72. The quantitative estimate of drug-likeness (QED) is 0.369. The Hall–Kier alpha value is -0.195. The molecule has 10 heavy (non-hydrogen) atoms. The Morgan fingerprint density at radius 1 is 1.50 bits per heavy atom. The summed E-state index contributed by atoms with van der Waals surface area (Å²) in [4.78, 5) is 9.90. The van der Waals surface area contributed by atoms with Crippen LogP contribution in [-0.4, -0.2) is 39.7 Å². The summed E-state index contributed by atoms with van der Waals surface area (Å²) < 4.78 is 0. The number of carbonyl (C=O) groups is 1. The van der Waals surface area contributed by atoms with Crippen molar-refractivity contribution in [3.8, 4) is 0 Å². The van der Waals surface area contributed by atoms with Crippen molar-refractivity contribution in [1.82, 2.24) is 0 Å². The van der Waals surface area contributed by atoms with E-state index in [9.17, 15) is 4.79 Å². The zero-order valence-corrected chi connectivity index (χ0v) is 6.17. The van der Waals surface area contributed by atoms with Gasteiger partial charge in [-0.15, -0.1) is 0 Å². The summed E-state index contributed by atoms with van der Waals surface area (Å²) in [6.07, 6.45) is 0.220. The first-order chi connectivity index (χ1) is 4.63. The van der Waals surface area contributed by atoms with Crippen LogP contribution in [0, 0.1) is 0 Å². The highest BCUT2D eigenvalue weighted by Gasteiger charge is 2.05. The van der Waals surface area contributed by atoms with Gasteiger partial charge in [0.1, 0.15) is 0 Å². The van der Waals surface area contributed by atoms with E-state index in [1.807, 2.05) is 0 Å². The molecular formula is C4H9BO4S. The molecule has 0 spiro atoms. The van der Waals surface area contributed by atoms with Gasteiger partial charge in [0.15, 0.2) is 0 Å². The van der Waals surface area contributed by atoms with Gasteiger partial charge >= 0.3 is 13.1 Å². The largest absolute Gasteiger partial charge is 0.481 e. The van der Waals surface area contributed by atoms with Gasteiger partial charge in [0.25, 0.3) is 0 Å². The van der Waals surface area contributed by atoms with Crippen molar-refractivity contribution in [2.75, 3.05) is 11.5 Å². The summed E-state index contributed by atoms with van der Waals surface area (Å²) in [7, 11) is -1.32. The van der Waals surface area contributed by atoms with Crippen LogP contribution in [0.5, 0.6) is 0 Å². The average molecular weight is 164 g/mol. The number of rotatable bonds is 5. The molecule has 58 valence electrons. The highest BCUT2D eigenvalue weighted by atomic mass is 32.2. The lowest BCUT2D eigenvalue weighted by Crippen LogP contribution is -2.11. The Kier molecular flexibility index (Phi) is 5.47. The van der Waals surface area contributed by atoms with E-state index in [0.717, 1.165) is 0 Å². The summed E-state index contributed by atoms with van der Waals surface area (Å²) >= 11 is 1.17. The maximum Gasteiger partial charge on any atom is 0.452 e. The molecule has 0 aliphatic heterocycles. The lowest BCUT2D eigenvalue weighted by atomic mass is 9.88. The minimum Gasteiger partial charge on any atom is -0.481 e. The van der Waals surface area contributed by atoms with E-state index in [1.54, 1.807) is 0 Å². The van der Waals surface area contributed by atoms with E-state index in [2.05, 4.69) is 0 Å². The molecule has 0 rings (SSSR count).